The third-order valence-electron chi connectivity index (χ3n) is 6.56. The number of carbonyl (C=O) groups is 2. The first-order valence-corrected chi connectivity index (χ1v) is 14.6. The third kappa shape index (κ3) is 7.67. The number of anilines is 1. The summed E-state index contributed by atoms with van der Waals surface area (Å²) in [5.74, 6) is -1.77. The van der Waals surface area contributed by atoms with Gasteiger partial charge in [0, 0.05) is 33.6 Å². The van der Waals surface area contributed by atoms with Gasteiger partial charge in [-0.05, 0) is 42.2 Å². The number of para-hydroxylation sites is 1. The minimum absolute atomic E-state index is 0.0652. The summed E-state index contributed by atoms with van der Waals surface area (Å²) >= 11 is 0. The van der Waals surface area contributed by atoms with Gasteiger partial charge in [-0.2, -0.15) is 12.7 Å². The first kappa shape index (κ1) is 30.8. The summed E-state index contributed by atoms with van der Waals surface area (Å²) in [6, 6.07) is 21.3. The van der Waals surface area contributed by atoms with Gasteiger partial charge in [0.15, 0.2) is 0 Å². The van der Waals surface area contributed by atoms with Gasteiger partial charge < -0.3 is 10.2 Å². The van der Waals surface area contributed by atoms with Crippen LogP contribution in [0.15, 0.2) is 78.9 Å². The molecule has 10 heteroatoms. The fourth-order valence-corrected chi connectivity index (χ4v) is 5.31. The van der Waals surface area contributed by atoms with E-state index in [1.807, 2.05) is 68.4 Å². The molecular weight excluding hydrogens is 531 g/mol. The molecule has 0 bridgehead atoms. The molecule has 0 aliphatic carbocycles. The topological polar surface area (TPSA) is 90.0 Å². The Labute approximate surface area is 236 Å². The molecule has 0 aliphatic rings. The van der Waals surface area contributed by atoms with E-state index in [0.717, 1.165) is 31.4 Å². The zero-order chi connectivity index (χ0) is 29.3. The maximum absolute atomic E-state index is 14.9. The fourth-order valence-electron chi connectivity index (χ4n) is 4.25. The van der Waals surface area contributed by atoms with E-state index in [1.165, 1.54) is 37.2 Å². The number of hydrogen-bond acceptors (Lipinski definition) is 4. The quantitative estimate of drug-likeness (QED) is 0.339. The molecule has 0 aliphatic heterocycles. The number of hydrogen-bond donors (Lipinski definition) is 1. The molecule has 0 heterocycles. The van der Waals surface area contributed by atoms with Gasteiger partial charge in [0.2, 0.25) is 11.8 Å². The molecule has 0 spiro atoms. The summed E-state index contributed by atoms with van der Waals surface area (Å²) in [7, 11) is -1.64. The van der Waals surface area contributed by atoms with Gasteiger partial charge in [0.25, 0.3) is 0 Å². The van der Waals surface area contributed by atoms with Crippen LogP contribution in [0.2, 0.25) is 0 Å². The van der Waals surface area contributed by atoms with Crippen LogP contribution < -0.4 is 9.62 Å². The predicted molar refractivity (Wildman–Crippen MR) is 155 cm³/mol. The van der Waals surface area contributed by atoms with Crippen LogP contribution in [-0.2, 0) is 32.8 Å². The monoisotopic (exact) mass is 568 g/mol. The molecule has 40 heavy (non-hydrogen) atoms. The maximum Gasteiger partial charge on any atom is 0.304 e. The molecule has 0 aromatic heterocycles. The lowest BCUT2D eigenvalue weighted by molar-refractivity contribution is -0.140. The van der Waals surface area contributed by atoms with E-state index in [0.29, 0.717) is 13.0 Å². The number of benzene rings is 3. The number of nitrogens with one attached hydrogen (secondary N) is 1. The van der Waals surface area contributed by atoms with Gasteiger partial charge in [0.1, 0.15) is 18.4 Å². The second-order valence-electron chi connectivity index (χ2n) is 9.69. The number of aryl methyl sites for hydroxylation is 1. The van der Waals surface area contributed by atoms with Crippen molar-refractivity contribution in [2.24, 2.45) is 0 Å². The summed E-state index contributed by atoms with van der Waals surface area (Å²) in [5.41, 5.74) is 2.31. The van der Waals surface area contributed by atoms with Gasteiger partial charge in [-0.25, -0.2) is 8.70 Å². The summed E-state index contributed by atoms with van der Waals surface area (Å²) in [4.78, 5) is 29.1. The van der Waals surface area contributed by atoms with E-state index in [4.69, 9.17) is 0 Å². The van der Waals surface area contributed by atoms with Gasteiger partial charge in [-0.15, -0.1) is 0 Å². The van der Waals surface area contributed by atoms with Crippen molar-refractivity contribution in [2.75, 3.05) is 31.5 Å². The SMILES string of the molecule is CCCNC(=O)[C@@H](Cc1ccccc1)N(Cc1ccccc1C)C(=O)CN(c1ccccc1F)S(=O)(=O)N(C)C. The smallest absolute Gasteiger partial charge is 0.304 e. The van der Waals surface area contributed by atoms with E-state index in [1.54, 1.807) is 0 Å². The van der Waals surface area contributed by atoms with Crippen LogP contribution in [-0.4, -0.2) is 62.7 Å². The highest BCUT2D eigenvalue weighted by molar-refractivity contribution is 7.90. The minimum atomic E-state index is -4.26. The van der Waals surface area contributed by atoms with Crippen molar-refractivity contribution in [3.05, 3.63) is 101 Å². The highest BCUT2D eigenvalue weighted by Crippen LogP contribution is 2.24. The first-order valence-electron chi connectivity index (χ1n) is 13.2. The molecule has 0 saturated carbocycles. The Morgan fingerprint density at radius 3 is 2.17 bits per heavy atom. The number of halogens is 1. The zero-order valence-electron chi connectivity index (χ0n) is 23.4. The lowest BCUT2D eigenvalue weighted by Gasteiger charge is -2.34. The van der Waals surface area contributed by atoms with Crippen LogP contribution in [0.3, 0.4) is 0 Å². The number of carbonyl (C=O) groups excluding carboxylic acids is 2. The largest absolute Gasteiger partial charge is 0.354 e. The normalized spacial score (nSPS) is 12.2. The van der Waals surface area contributed by atoms with Crippen molar-refractivity contribution >= 4 is 27.7 Å². The second-order valence-corrected chi connectivity index (χ2v) is 11.8. The van der Waals surface area contributed by atoms with E-state index in [9.17, 15) is 22.4 Å². The summed E-state index contributed by atoms with van der Waals surface area (Å²) in [6.45, 7) is 3.63. The molecule has 3 aromatic carbocycles. The molecule has 0 fully saturated rings. The second kappa shape index (κ2) is 14.0. The van der Waals surface area contributed by atoms with Crippen molar-refractivity contribution in [3.63, 3.8) is 0 Å². The van der Waals surface area contributed by atoms with E-state index < -0.39 is 34.5 Å². The average molecular weight is 569 g/mol. The van der Waals surface area contributed by atoms with Crippen molar-refractivity contribution in [3.8, 4) is 0 Å². The molecule has 0 saturated heterocycles. The maximum atomic E-state index is 14.9. The molecule has 0 radical (unpaired) electrons. The Morgan fingerprint density at radius 1 is 0.925 bits per heavy atom. The Morgan fingerprint density at radius 2 is 1.55 bits per heavy atom. The Bertz CT molecular complexity index is 1400. The zero-order valence-corrected chi connectivity index (χ0v) is 24.2. The lowest BCUT2D eigenvalue weighted by Crippen LogP contribution is -2.54. The molecular formula is C30H37FN4O4S. The fraction of sp³-hybridized carbons (Fsp3) is 0.333. The Balaban J connectivity index is 2.10. The van der Waals surface area contributed by atoms with E-state index in [-0.39, 0.29) is 24.6 Å². The average Bonchev–Trinajstić information content (AvgIpc) is 2.94. The summed E-state index contributed by atoms with van der Waals surface area (Å²) in [5, 5.41) is 2.90. The lowest BCUT2D eigenvalue weighted by atomic mass is 10.0. The first-order chi connectivity index (χ1) is 19.1. The van der Waals surface area contributed by atoms with E-state index in [2.05, 4.69) is 5.32 Å². The number of nitrogens with zero attached hydrogens (tertiary/aromatic N) is 3. The standard InChI is InChI=1S/C30H37FN4O4S/c1-5-19-32-30(37)28(20-24-14-7-6-8-15-24)34(21-25-16-10-9-13-23(25)2)29(36)22-35(40(38,39)33(3)4)27-18-12-11-17-26(27)31/h6-18,28H,5,19-22H2,1-4H3,(H,32,37)/t28-/m1/s1. The van der Waals surface area contributed by atoms with Gasteiger partial charge >= 0.3 is 10.2 Å². The molecule has 214 valence electrons. The molecule has 2 amide bonds. The molecule has 1 atom stereocenters. The molecule has 3 rings (SSSR count). The summed E-state index contributed by atoms with van der Waals surface area (Å²) in [6.07, 6.45) is 0.922. The molecule has 0 unspecified atom stereocenters. The Kier molecular flexibility index (Phi) is 10.8. The molecule has 1 N–H and O–H groups in total. The van der Waals surface area contributed by atoms with Crippen LogP contribution in [0.25, 0.3) is 0 Å². The third-order valence-corrected chi connectivity index (χ3v) is 8.37. The van der Waals surface area contributed by atoms with Gasteiger partial charge in [0.05, 0.1) is 5.69 Å². The van der Waals surface area contributed by atoms with Gasteiger partial charge in [-0.1, -0.05) is 73.7 Å². The van der Waals surface area contributed by atoms with Crippen LogP contribution >= 0.6 is 0 Å². The van der Waals surface area contributed by atoms with Crippen LogP contribution in [0.5, 0.6) is 0 Å². The summed E-state index contributed by atoms with van der Waals surface area (Å²) < 4.78 is 43.2. The van der Waals surface area contributed by atoms with Crippen LogP contribution in [0, 0.1) is 12.7 Å². The van der Waals surface area contributed by atoms with Crippen LogP contribution in [0.1, 0.15) is 30.0 Å². The minimum Gasteiger partial charge on any atom is -0.354 e. The number of amides is 2. The highest BCUT2D eigenvalue weighted by Gasteiger charge is 2.35. The molecule has 3 aromatic rings. The van der Waals surface area contributed by atoms with Crippen molar-refractivity contribution in [1.29, 1.82) is 0 Å². The van der Waals surface area contributed by atoms with Crippen molar-refractivity contribution in [1.82, 2.24) is 14.5 Å². The van der Waals surface area contributed by atoms with Crippen molar-refractivity contribution < 1.29 is 22.4 Å². The molecule has 8 nitrogen and oxygen atoms in total. The van der Waals surface area contributed by atoms with E-state index >= 15 is 0 Å². The highest BCUT2D eigenvalue weighted by atomic mass is 32.2. The van der Waals surface area contributed by atoms with Gasteiger partial charge in [-0.3, -0.25) is 9.59 Å². The van der Waals surface area contributed by atoms with Crippen molar-refractivity contribution in [2.45, 2.75) is 39.3 Å². The Hall–Kier alpha value is -3.76. The number of rotatable bonds is 13. The predicted octanol–water partition coefficient (Wildman–Crippen LogP) is 3.91. The van der Waals surface area contributed by atoms with Crippen LogP contribution in [0.4, 0.5) is 10.1 Å².